The Morgan fingerprint density at radius 2 is 2.18 bits per heavy atom. The summed E-state index contributed by atoms with van der Waals surface area (Å²) in [5, 5.41) is 8.95. The van der Waals surface area contributed by atoms with E-state index >= 15 is 0 Å². The fourth-order valence-electron chi connectivity index (χ4n) is 1.00. The first-order valence-electron chi connectivity index (χ1n) is 3.71. The molecule has 11 heavy (non-hydrogen) atoms. The molecule has 0 aromatic heterocycles. The second-order valence-electron chi connectivity index (χ2n) is 2.54. The average Bonchev–Trinajstić information content (AvgIpc) is 1.98. The van der Waals surface area contributed by atoms with Crippen molar-refractivity contribution >= 4 is 0 Å². The van der Waals surface area contributed by atoms with Crippen molar-refractivity contribution in [1.29, 1.82) is 0 Å². The molecule has 0 amide bonds. The standard InChI is InChI=1S/C9H11FO/c1-2-3-7-4-5-8(10)9(11)6-7/h4-6,11H,2-3H2,1H3. The van der Waals surface area contributed by atoms with Crippen LogP contribution < -0.4 is 0 Å². The van der Waals surface area contributed by atoms with Gasteiger partial charge in [-0.3, -0.25) is 0 Å². The summed E-state index contributed by atoms with van der Waals surface area (Å²) < 4.78 is 12.5. The molecular formula is C9H11FO. The third kappa shape index (κ3) is 1.93. The molecule has 60 valence electrons. The summed E-state index contributed by atoms with van der Waals surface area (Å²) in [7, 11) is 0. The molecule has 0 aliphatic carbocycles. The largest absolute Gasteiger partial charge is 0.505 e. The van der Waals surface area contributed by atoms with Gasteiger partial charge in [0, 0.05) is 0 Å². The molecule has 1 nitrogen and oxygen atoms in total. The Bertz CT molecular complexity index is 245. The van der Waals surface area contributed by atoms with Crippen LogP contribution in [0.4, 0.5) is 4.39 Å². The average molecular weight is 154 g/mol. The van der Waals surface area contributed by atoms with Crippen molar-refractivity contribution in [2.75, 3.05) is 0 Å². The highest BCUT2D eigenvalue weighted by atomic mass is 19.1. The fourth-order valence-corrected chi connectivity index (χ4v) is 1.00. The number of hydrogen-bond acceptors (Lipinski definition) is 1. The monoisotopic (exact) mass is 154 g/mol. The minimum Gasteiger partial charge on any atom is -0.505 e. The summed E-state index contributed by atoms with van der Waals surface area (Å²) in [5.41, 5.74) is 0.978. The molecule has 0 radical (unpaired) electrons. The number of rotatable bonds is 2. The minimum absolute atomic E-state index is 0.254. The van der Waals surface area contributed by atoms with Crippen molar-refractivity contribution in [1.82, 2.24) is 0 Å². The van der Waals surface area contributed by atoms with Gasteiger partial charge in [-0.05, 0) is 24.1 Å². The molecule has 1 rings (SSSR count). The second kappa shape index (κ2) is 3.37. The summed E-state index contributed by atoms with van der Waals surface area (Å²) in [4.78, 5) is 0. The van der Waals surface area contributed by atoms with E-state index in [9.17, 15) is 4.39 Å². The summed E-state index contributed by atoms with van der Waals surface area (Å²) in [6, 6.07) is 4.46. The molecule has 1 aromatic rings. The molecule has 0 spiro atoms. The molecule has 0 aliphatic heterocycles. The normalized spacial score (nSPS) is 10.0. The number of benzene rings is 1. The molecule has 0 heterocycles. The van der Waals surface area contributed by atoms with E-state index in [1.807, 2.05) is 6.92 Å². The first kappa shape index (κ1) is 8.05. The zero-order chi connectivity index (χ0) is 8.27. The lowest BCUT2D eigenvalue weighted by Crippen LogP contribution is -1.83. The Labute approximate surface area is 65.5 Å². The molecule has 0 atom stereocenters. The zero-order valence-corrected chi connectivity index (χ0v) is 6.47. The molecular weight excluding hydrogens is 143 g/mol. The predicted octanol–water partition coefficient (Wildman–Crippen LogP) is 2.48. The van der Waals surface area contributed by atoms with Crippen molar-refractivity contribution < 1.29 is 9.50 Å². The van der Waals surface area contributed by atoms with E-state index in [-0.39, 0.29) is 5.75 Å². The van der Waals surface area contributed by atoms with Crippen molar-refractivity contribution in [2.45, 2.75) is 19.8 Å². The SMILES string of the molecule is CCCc1ccc(F)c(O)c1. The highest BCUT2D eigenvalue weighted by Gasteiger charge is 1.99. The van der Waals surface area contributed by atoms with Crippen LogP contribution in [0.1, 0.15) is 18.9 Å². The van der Waals surface area contributed by atoms with E-state index in [1.54, 1.807) is 6.07 Å². The number of phenolic OH excluding ortho intramolecular Hbond substituents is 1. The molecule has 0 saturated heterocycles. The molecule has 0 bridgehead atoms. The molecule has 0 unspecified atom stereocenters. The van der Waals surface area contributed by atoms with Gasteiger partial charge in [-0.25, -0.2) is 4.39 Å². The summed E-state index contributed by atoms with van der Waals surface area (Å²) in [5.74, 6) is -0.805. The van der Waals surface area contributed by atoms with Gasteiger partial charge in [0.05, 0.1) is 0 Å². The minimum atomic E-state index is -0.551. The van der Waals surface area contributed by atoms with Gasteiger partial charge >= 0.3 is 0 Å². The lowest BCUT2D eigenvalue weighted by atomic mass is 10.1. The Morgan fingerprint density at radius 1 is 1.45 bits per heavy atom. The van der Waals surface area contributed by atoms with Gasteiger partial charge in [-0.1, -0.05) is 19.4 Å². The summed E-state index contributed by atoms with van der Waals surface area (Å²) in [6.07, 6.45) is 1.89. The van der Waals surface area contributed by atoms with E-state index in [2.05, 4.69) is 0 Å². The van der Waals surface area contributed by atoms with Crippen molar-refractivity contribution in [3.8, 4) is 5.75 Å². The number of aryl methyl sites for hydroxylation is 1. The van der Waals surface area contributed by atoms with E-state index in [4.69, 9.17) is 5.11 Å². The van der Waals surface area contributed by atoms with E-state index < -0.39 is 5.82 Å². The maximum atomic E-state index is 12.5. The molecule has 1 N–H and O–H groups in total. The number of halogens is 1. The third-order valence-corrected chi connectivity index (χ3v) is 1.55. The second-order valence-corrected chi connectivity index (χ2v) is 2.54. The number of aromatic hydroxyl groups is 1. The third-order valence-electron chi connectivity index (χ3n) is 1.55. The van der Waals surface area contributed by atoms with Gasteiger partial charge < -0.3 is 5.11 Å². The van der Waals surface area contributed by atoms with Crippen molar-refractivity contribution in [2.24, 2.45) is 0 Å². The number of hydrogen-bond donors (Lipinski definition) is 1. The maximum Gasteiger partial charge on any atom is 0.164 e. The van der Waals surface area contributed by atoms with E-state index in [0.717, 1.165) is 18.4 Å². The van der Waals surface area contributed by atoms with Crippen LogP contribution in [0.3, 0.4) is 0 Å². The lowest BCUT2D eigenvalue weighted by molar-refractivity contribution is 0.431. The molecule has 2 heteroatoms. The van der Waals surface area contributed by atoms with Crippen LogP contribution in [0, 0.1) is 5.82 Å². The van der Waals surface area contributed by atoms with Crippen LogP contribution >= 0.6 is 0 Å². The number of phenols is 1. The van der Waals surface area contributed by atoms with Crippen LogP contribution in [-0.4, -0.2) is 5.11 Å². The quantitative estimate of drug-likeness (QED) is 0.693. The smallest absolute Gasteiger partial charge is 0.164 e. The lowest BCUT2D eigenvalue weighted by Gasteiger charge is -1.99. The zero-order valence-electron chi connectivity index (χ0n) is 6.47. The molecule has 0 saturated carbocycles. The van der Waals surface area contributed by atoms with E-state index in [0.29, 0.717) is 0 Å². The van der Waals surface area contributed by atoms with Crippen LogP contribution in [0.25, 0.3) is 0 Å². The molecule has 0 aliphatic rings. The van der Waals surface area contributed by atoms with Crippen molar-refractivity contribution in [3.63, 3.8) is 0 Å². The first-order valence-corrected chi connectivity index (χ1v) is 3.71. The van der Waals surface area contributed by atoms with Gasteiger partial charge in [-0.2, -0.15) is 0 Å². The van der Waals surface area contributed by atoms with Gasteiger partial charge in [0.25, 0.3) is 0 Å². The first-order chi connectivity index (χ1) is 5.24. The van der Waals surface area contributed by atoms with E-state index in [1.165, 1.54) is 12.1 Å². The maximum absolute atomic E-state index is 12.5. The van der Waals surface area contributed by atoms with Crippen LogP contribution in [-0.2, 0) is 6.42 Å². The Balaban J connectivity index is 2.86. The van der Waals surface area contributed by atoms with Crippen LogP contribution in [0.5, 0.6) is 5.75 Å². The van der Waals surface area contributed by atoms with Crippen LogP contribution in [0.2, 0.25) is 0 Å². The van der Waals surface area contributed by atoms with Gasteiger partial charge in [0.2, 0.25) is 0 Å². The molecule has 0 fully saturated rings. The van der Waals surface area contributed by atoms with Gasteiger partial charge in [0.15, 0.2) is 11.6 Å². The predicted molar refractivity (Wildman–Crippen MR) is 42.1 cm³/mol. The Morgan fingerprint density at radius 3 is 2.73 bits per heavy atom. The highest BCUT2D eigenvalue weighted by Crippen LogP contribution is 2.17. The topological polar surface area (TPSA) is 20.2 Å². The fraction of sp³-hybridized carbons (Fsp3) is 0.333. The van der Waals surface area contributed by atoms with Gasteiger partial charge in [0.1, 0.15) is 0 Å². The molecule has 1 aromatic carbocycles. The summed E-state index contributed by atoms with van der Waals surface area (Å²) >= 11 is 0. The van der Waals surface area contributed by atoms with Gasteiger partial charge in [-0.15, -0.1) is 0 Å². The Kier molecular flexibility index (Phi) is 2.47. The summed E-state index contributed by atoms with van der Waals surface area (Å²) in [6.45, 7) is 2.04. The van der Waals surface area contributed by atoms with Crippen molar-refractivity contribution in [3.05, 3.63) is 29.6 Å². The highest BCUT2D eigenvalue weighted by molar-refractivity contribution is 5.28. The van der Waals surface area contributed by atoms with Crippen LogP contribution in [0.15, 0.2) is 18.2 Å². The Hall–Kier alpha value is -1.05.